The fourth-order valence-electron chi connectivity index (χ4n) is 3.16. The van der Waals surface area contributed by atoms with Crippen LogP contribution in [0.5, 0.6) is 11.5 Å². The van der Waals surface area contributed by atoms with E-state index < -0.39 is 11.9 Å². The predicted octanol–water partition coefficient (Wildman–Crippen LogP) is 4.49. The summed E-state index contributed by atoms with van der Waals surface area (Å²) in [4.78, 5) is 37.2. The molecule has 1 aliphatic rings. The average Bonchev–Trinajstić information content (AvgIpc) is 3.28. The molecule has 33 heavy (non-hydrogen) atoms. The average molecular weight is 464 g/mol. The van der Waals surface area contributed by atoms with Crippen molar-refractivity contribution >= 4 is 40.9 Å². The van der Waals surface area contributed by atoms with Crippen LogP contribution in [0.1, 0.15) is 27.6 Å². The zero-order valence-electron chi connectivity index (χ0n) is 17.5. The molecular formula is C24H20N2O6S. The molecule has 9 heteroatoms. The molecule has 3 aromatic rings. The number of benzene rings is 3. The molecule has 0 aliphatic carbocycles. The first-order valence-electron chi connectivity index (χ1n) is 10.0. The van der Waals surface area contributed by atoms with Crippen molar-refractivity contribution in [3.05, 3.63) is 77.9 Å². The van der Waals surface area contributed by atoms with Gasteiger partial charge in [-0.25, -0.2) is 4.79 Å². The normalized spacial score (nSPS) is 12.6. The molecule has 0 bridgehead atoms. The largest absolute Gasteiger partial charge is 0.478 e. The molecule has 1 unspecified atom stereocenters. The molecule has 0 saturated carbocycles. The number of nitrogens with one attached hydrogen (secondary N) is 2. The molecule has 1 heterocycles. The van der Waals surface area contributed by atoms with Gasteiger partial charge in [-0.2, -0.15) is 0 Å². The van der Waals surface area contributed by atoms with Crippen LogP contribution in [0.3, 0.4) is 0 Å². The molecule has 0 radical (unpaired) electrons. The maximum Gasteiger partial charge on any atom is 0.336 e. The molecule has 0 fully saturated rings. The second-order valence-electron chi connectivity index (χ2n) is 7.15. The molecule has 3 aromatic carbocycles. The smallest absolute Gasteiger partial charge is 0.336 e. The molecule has 3 N–H and O–H groups in total. The van der Waals surface area contributed by atoms with Crippen LogP contribution in [0.4, 0.5) is 11.4 Å². The Morgan fingerprint density at radius 1 is 0.879 bits per heavy atom. The minimum atomic E-state index is -1.17. The van der Waals surface area contributed by atoms with Crippen LogP contribution in [-0.4, -0.2) is 34.9 Å². The van der Waals surface area contributed by atoms with E-state index in [-0.39, 0.29) is 29.1 Å². The van der Waals surface area contributed by atoms with Crippen molar-refractivity contribution in [3.8, 4) is 11.5 Å². The van der Waals surface area contributed by atoms with E-state index in [0.717, 1.165) is 4.90 Å². The SMILES string of the molecule is CC(Sc1ccc(NC(=O)c2ccccc2C(=O)O)cc1)C(=O)Nc1ccc2c(c1)OCO2. The van der Waals surface area contributed by atoms with Gasteiger partial charge in [-0.15, -0.1) is 11.8 Å². The Labute approximate surface area is 193 Å². The van der Waals surface area contributed by atoms with Crippen molar-refractivity contribution in [2.24, 2.45) is 0 Å². The van der Waals surface area contributed by atoms with Gasteiger partial charge >= 0.3 is 5.97 Å². The van der Waals surface area contributed by atoms with Crippen LogP contribution < -0.4 is 20.1 Å². The number of amides is 2. The Bertz CT molecular complexity index is 1210. The lowest BCUT2D eigenvalue weighted by Crippen LogP contribution is -2.22. The lowest BCUT2D eigenvalue weighted by atomic mass is 10.1. The Balaban J connectivity index is 1.35. The number of anilines is 2. The number of hydrogen-bond acceptors (Lipinski definition) is 6. The topological polar surface area (TPSA) is 114 Å². The number of carbonyl (C=O) groups is 3. The quantitative estimate of drug-likeness (QED) is 0.442. The Hall–Kier alpha value is -3.98. The van der Waals surface area contributed by atoms with Crippen molar-refractivity contribution in [2.45, 2.75) is 17.1 Å². The second kappa shape index (κ2) is 9.66. The number of thioether (sulfide) groups is 1. The summed E-state index contributed by atoms with van der Waals surface area (Å²) < 4.78 is 10.6. The van der Waals surface area contributed by atoms with Gasteiger partial charge in [0.1, 0.15) is 0 Å². The summed E-state index contributed by atoms with van der Waals surface area (Å²) in [5, 5.41) is 14.4. The van der Waals surface area contributed by atoms with Crippen LogP contribution in [0.15, 0.2) is 71.6 Å². The minimum absolute atomic E-state index is 0.0653. The zero-order chi connectivity index (χ0) is 23.4. The Kier molecular flexibility index (Phi) is 6.50. The van der Waals surface area contributed by atoms with E-state index in [9.17, 15) is 19.5 Å². The Morgan fingerprint density at radius 3 is 2.27 bits per heavy atom. The van der Waals surface area contributed by atoms with Gasteiger partial charge in [0.05, 0.1) is 16.4 Å². The molecular weight excluding hydrogens is 444 g/mol. The number of carbonyl (C=O) groups excluding carboxylic acids is 2. The van der Waals surface area contributed by atoms with E-state index in [1.54, 1.807) is 61.5 Å². The highest BCUT2D eigenvalue weighted by atomic mass is 32.2. The third-order valence-electron chi connectivity index (χ3n) is 4.84. The first-order valence-corrected chi connectivity index (χ1v) is 10.9. The highest BCUT2D eigenvalue weighted by molar-refractivity contribution is 8.00. The monoisotopic (exact) mass is 464 g/mol. The maximum atomic E-state index is 12.6. The van der Waals surface area contributed by atoms with Crippen LogP contribution in [0.25, 0.3) is 0 Å². The number of carboxylic acid groups (broad SMARTS) is 1. The van der Waals surface area contributed by atoms with Gasteiger partial charge in [-0.05, 0) is 55.5 Å². The minimum Gasteiger partial charge on any atom is -0.478 e. The van der Waals surface area contributed by atoms with E-state index in [1.165, 1.54) is 23.9 Å². The van der Waals surface area contributed by atoms with Crippen LogP contribution in [-0.2, 0) is 4.79 Å². The van der Waals surface area contributed by atoms with Crippen molar-refractivity contribution < 1.29 is 29.0 Å². The van der Waals surface area contributed by atoms with Gasteiger partial charge in [-0.3, -0.25) is 9.59 Å². The lowest BCUT2D eigenvalue weighted by Gasteiger charge is -2.13. The van der Waals surface area contributed by atoms with E-state index in [4.69, 9.17) is 9.47 Å². The van der Waals surface area contributed by atoms with E-state index in [0.29, 0.717) is 22.9 Å². The fourth-order valence-corrected chi connectivity index (χ4v) is 4.03. The van der Waals surface area contributed by atoms with Crippen molar-refractivity contribution in [1.82, 2.24) is 0 Å². The van der Waals surface area contributed by atoms with E-state index in [1.807, 2.05) is 0 Å². The van der Waals surface area contributed by atoms with Crippen LogP contribution >= 0.6 is 11.8 Å². The molecule has 0 aromatic heterocycles. The lowest BCUT2D eigenvalue weighted by molar-refractivity contribution is -0.115. The van der Waals surface area contributed by atoms with Crippen molar-refractivity contribution in [1.29, 1.82) is 0 Å². The molecule has 2 amide bonds. The number of hydrogen-bond donors (Lipinski definition) is 3. The van der Waals surface area contributed by atoms with Gasteiger partial charge in [0.2, 0.25) is 12.7 Å². The molecule has 0 saturated heterocycles. The van der Waals surface area contributed by atoms with Gasteiger partial charge < -0.3 is 25.2 Å². The van der Waals surface area contributed by atoms with Crippen molar-refractivity contribution in [3.63, 3.8) is 0 Å². The van der Waals surface area contributed by atoms with E-state index in [2.05, 4.69) is 10.6 Å². The molecule has 8 nitrogen and oxygen atoms in total. The summed E-state index contributed by atoms with van der Waals surface area (Å²) in [6, 6.07) is 18.2. The standard InChI is InChI=1S/C24H20N2O6S/c1-14(22(27)26-16-8-11-20-21(12-16)32-13-31-20)33-17-9-6-15(7-10-17)25-23(28)18-4-2-3-5-19(18)24(29)30/h2-12,14H,13H2,1H3,(H,25,28)(H,26,27)(H,29,30). The van der Waals surface area contributed by atoms with Gasteiger partial charge in [0, 0.05) is 22.3 Å². The third kappa shape index (κ3) is 5.27. The number of rotatable bonds is 7. The summed E-state index contributed by atoms with van der Waals surface area (Å²) in [5.74, 6) is -0.599. The highest BCUT2D eigenvalue weighted by Crippen LogP contribution is 2.34. The van der Waals surface area contributed by atoms with Crippen molar-refractivity contribution in [2.75, 3.05) is 17.4 Å². The molecule has 168 valence electrons. The molecule has 0 spiro atoms. The highest BCUT2D eigenvalue weighted by Gasteiger charge is 2.19. The fraction of sp³-hybridized carbons (Fsp3) is 0.125. The summed E-state index contributed by atoms with van der Waals surface area (Å²) in [7, 11) is 0. The third-order valence-corrected chi connectivity index (χ3v) is 5.95. The first kappa shape index (κ1) is 22.2. The summed E-state index contributed by atoms with van der Waals surface area (Å²) >= 11 is 1.37. The zero-order valence-corrected chi connectivity index (χ0v) is 18.3. The summed E-state index contributed by atoms with van der Waals surface area (Å²) in [5.41, 5.74) is 1.15. The Morgan fingerprint density at radius 2 is 1.55 bits per heavy atom. The number of aromatic carboxylic acids is 1. The van der Waals surface area contributed by atoms with Gasteiger partial charge in [0.15, 0.2) is 11.5 Å². The predicted molar refractivity (Wildman–Crippen MR) is 124 cm³/mol. The first-order chi connectivity index (χ1) is 15.9. The maximum absolute atomic E-state index is 12.6. The number of carboxylic acids is 1. The van der Waals surface area contributed by atoms with Crippen LogP contribution in [0, 0.1) is 0 Å². The van der Waals surface area contributed by atoms with Gasteiger partial charge in [0.25, 0.3) is 5.91 Å². The van der Waals surface area contributed by atoms with Gasteiger partial charge in [-0.1, -0.05) is 12.1 Å². The summed E-state index contributed by atoms with van der Waals surface area (Å²) in [6.07, 6.45) is 0. The number of ether oxygens (including phenoxy) is 2. The van der Waals surface area contributed by atoms with Crippen LogP contribution in [0.2, 0.25) is 0 Å². The van der Waals surface area contributed by atoms with E-state index >= 15 is 0 Å². The molecule has 1 atom stereocenters. The number of fused-ring (bicyclic) bond motifs is 1. The summed E-state index contributed by atoms with van der Waals surface area (Å²) in [6.45, 7) is 1.97. The molecule has 4 rings (SSSR count). The molecule has 1 aliphatic heterocycles. The second-order valence-corrected chi connectivity index (χ2v) is 8.56.